The highest BCUT2D eigenvalue weighted by molar-refractivity contribution is 5.90. The minimum atomic E-state index is -0.000343. The van der Waals surface area contributed by atoms with Gasteiger partial charge in [0.15, 0.2) is 0 Å². The monoisotopic (exact) mass is 277 g/mol. The van der Waals surface area contributed by atoms with E-state index in [1.54, 1.807) is 12.1 Å². The van der Waals surface area contributed by atoms with Crippen LogP contribution in [0.4, 0.5) is 5.69 Å². The number of hydrogen-bond acceptors (Lipinski definition) is 3. The number of benzene rings is 1. The average Bonchev–Trinajstić information content (AvgIpc) is 2.98. The zero-order valence-corrected chi connectivity index (χ0v) is 11.8. The summed E-state index contributed by atoms with van der Waals surface area (Å²) in [6.07, 6.45) is 6.81. The molecular formula is C16H23NO3. The first-order valence-electron chi connectivity index (χ1n) is 7.41. The Labute approximate surface area is 120 Å². The van der Waals surface area contributed by atoms with Gasteiger partial charge in [-0.3, -0.25) is 4.79 Å². The Morgan fingerprint density at radius 1 is 1.25 bits per heavy atom. The number of rotatable bonds is 7. The van der Waals surface area contributed by atoms with Crippen molar-refractivity contribution >= 4 is 11.6 Å². The summed E-state index contributed by atoms with van der Waals surface area (Å²) >= 11 is 0. The van der Waals surface area contributed by atoms with Crippen LogP contribution in [0.1, 0.15) is 38.5 Å². The Morgan fingerprint density at radius 2 is 1.95 bits per heavy atom. The second-order valence-electron chi connectivity index (χ2n) is 5.33. The number of ether oxygens (including phenoxy) is 1. The number of nitrogens with one attached hydrogen (secondary N) is 1. The van der Waals surface area contributed by atoms with Crippen LogP contribution in [-0.4, -0.2) is 24.2 Å². The molecule has 1 aromatic carbocycles. The van der Waals surface area contributed by atoms with Crippen LogP contribution in [0.2, 0.25) is 0 Å². The molecule has 0 heterocycles. The minimum absolute atomic E-state index is 0.000343. The van der Waals surface area contributed by atoms with Gasteiger partial charge in [-0.2, -0.15) is 0 Å². The highest BCUT2D eigenvalue weighted by Crippen LogP contribution is 2.28. The van der Waals surface area contributed by atoms with Crippen molar-refractivity contribution in [3.05, 3.63) is 24.3 Å². The standard InChI is InChI=1S/C16H23NO3/c18-11-12-20-15-8-6-14(7-9-15)17-16(19)10-5-13-3-1-2-4-13/h6-9,13,18H,1-5,10-12H2,(H,17,19). The Balaban J connectivity index is 1.72. The molecule has 1 saturated carbocycles. The third-order valence-corrected chi connectivity index (χ3v) is 3.75. The maximum absolute atomic E-state index is 11.9. The average molecular weight is 277 g/mol. The molecule has 0 atom stereocenters. The van der Waals surface area contributed by atoms with Crippen LogP contribution < -0.4 is 10.1 Å². The van der Waals surface area contributed by atoms with Crippen molar-refractivity contribution in [1.29, 1.82) is 0 Å². The van der Waals surface area contributed by atoms with E-state index in [0.717, 1.165) is 18.0 Å². The first-order chi connectivity index (χ1) is 9.78. The van der Waals surface area contributed by atoms with Gasteiger partial charge in [0, 0.05) is 12.1 Å². The molecule has 0 radical (unpaired) electrons. The Bertz CT molecular complexity index is 410. The molecule has 0 saturated heterocycles. The fraction of sp³-hybridized carbons (Fsp3) is 0.562. The molecule has 0 aromatic heterocycles. The maximum Gasteiger partial charge on any atom is 0.224 e. The van der Waals surface area contributed by atoms with E-state index in [2.05, 4.69) is 5.32 Å². The molecule has 1 aliphatic rings. The number of anilines is 1. The normalized spacial score (nSPS) is 15.2. The molecule has 0 spiro atoms. The number of amides is 1. The predicted octanol–water partition coefficient (Wildman–Crippen LogP) is 2.97. The Hall–Kier alpha value is -1.55. The highest BCUT2D eigenvalue weighted by atomic mass is 16.5. The third kappa shape index (κ3) is 4.85. The van der Waals surface area contributed by atoms with Crippen LogP contribution in [-0.2, 0) is 4.79 Å². The van der Waals surface area contributed by atoms with Gasteiger partial charge < -0.3 is 15.2 Å². The molecule has 1 aromatic rings. The molecule has 0 unspecified atom stereocenters. The zero-order chi connectivity index (χ0) is 14.2. The number of aliphatic hydroxyl groups is 1. The van der Waals surface area contributed by atoms with Crippen molar-refractivity contribution in [2.24, 2.45) is 5.92 Å². The summed E-state index contributed by atoms with van der Waals surface area (Å²) in [5.41, 5.74) is 0.790. The molecule has 1 aliphatic carbocycles. The van der Waals surface area contributed by atoms with Gasteiger partial charge in [-0.1, -0.05) is 25.7 Å². The Kier molecular flexibility index (Phi) is 5.87. The van der Waals surface area contributed by atoms with Gasteiger partial charge in [-0.25, -0.2) is 0 Å². The summed E-state index contributed by atoms with van der Waals surface area (Å²) in [6.45, 7) is 0.284. The van der Waals surface area contributed by atoms with Gasteiger partial charge >= 0.3 is 0 Å². The minimum Gasteiger partial charge on any atom is -0.491 e. The smallest absolute Gasteiger partial charge is 0.224 e. The number of hydrogen-bond donors (Lipinski definition) is 2. The number of carbonyl (C=O) groups excluding carboxylic acids is 1. The van der Waals surface area contributed by atoms with Gasteiger partial charge in [0.25, 0.3) is 0 Å². The molecule has 4 nitrogen and oxygen atoms in total. The molecule has 0 bridgehead atoms. The summed E-state index contributed by atoms with van der Waals surface area (Å²) in [5.74, 6) is 1.53. The van der Waals surface area contributed by atoms with Crippen LogP contribution in [0.5, 0.6) is 5.75 Å². The summed E-state index contributed by atoms with van der Waals surface area (Å²) in [5, 5.41) is 11.6. The first kappa shape index (κ1) is 14.9. The molecule has 2 N–H and O–H groups in total. The summed E-state index contributed by atoms with van der Waals surface area (Å²) in [7, 11) is 0. The van der Waals surface area contributed by atoms with Gasteiger partial charge in [-0.15, -0.1) is 0 Å². The number of carbonyl (C=O) groups is 1. The van der Waals surface area contributed by atoms with Crippen LogP contribution in [0.3, 0.4) is 0 Å². The molecule has 110 valence electrons. The van der Waals surface area contributed by atoms with Crippen molar-refractivity contribution in [3.63, 3.8) is 0 Å². The maximum atomic E-state index is 11.9. The van der Waals surface area contributed by atoms with Gasteiger partial charge in [-0.05, 0) is 36.6 Å². The van der Waals surface area contributed by atoms with E-state index in [-0.39, 0.29) is 19.1 Å². The summed E-state index contributed by atoms with van der Waals surface area (Å²) in [6, 6.07) is 7.23. The topological polar surface area (TPSA) is 58.6 Å². The van der Waals surface area contributed by atoms with E-state index in [0.29, 0.717) is 12.2 Å². The Morgan fingerprint density at radius 3 is 2.60 bits per heavy atom. The van der Waals surface area contributed by atoms with E-state index in [4.69, 9.17) is 9.84 Å². The molecule has 20 heavy (non-hydrogen) atoms. The van der Waals surface area contributed by atoms with E-state index in [1.807, 2.05) is 12.1 Å². The lowest BCUT2D eigenvalue weighted by atomic mass is 10.0. The van der Waals surface area contributed by atoms with Crippen LogP contribution in [0.15, 0.2) is 24.3 Å². The van der Waals surface area contributed by atoms with Gasteiger partial charge in [0.1, 0.15) is 12.4 Å². The molecular weight excluding hydrogens is 254 g/mol. The van der Waals surface area contributed by atoms with Crippen LogP contribution in [0.25, 0.3) is 0 Å². The van der Waals surface area contributed by atoms with Crippen LogP contribution in [0, 0.1) is 5.92 Å². The molecule has 1 fully saturated rings. The van der Waals surface area contributed by atoms with Crippen molar-refractivity contribution in [2.45, 2.75) is 38.5 Å². The number of aliphatic hydroxyl groups excluding tert-OH is 1. The quantitative estimate of drug-likeness (QED) is 0.805. The highest BCUT2D eigenvalue weighted by Gasteiger charge is 2.16. The lowest BCUT2D eigenvalue weighted by Crippen LogP contribution is -2.12. The largest absolute Gasteiger partial charge is 0.491 e. The van der Waals surface area contributed by atoms with E-state index < -0.39 is 0 Å². The lowest BCUT2D eigenvalue weighted by molar-refractivity contribution is -0.116. The van der Waals surface area contributed by atoms with E-state index >= 15 is 0 Å². The molecule has 4 heteroatoms. The second kappa shape index (κ2) is 7.90. The van der Waals surface area contributed by atoms with E-state index in [9.17, 15) is 4.79 Å². The SMILES string of the molecule is O=C(CCC1CCCC1)Nc1ccc(OCCO)cc1. The third-order valence-electron chi connectivity index (χ3n) is 3.75. The predicted molar refractivity (Wildman–Crippen MR) is 78.8 cm³/mol. The van der Waals surface area contributed by atoms with E-state index in [1.165, 1.54) is 25.7 Å². The zero-order valence-electron chi connectivity index (χ0n) is 11.8. The fourth-order valence-corrected chi connectivity index (χ4v) is 2.66. The second-order valence-corrected chi connectivity index (χ2v) is 5.33. The van der Waals surface area contributed by atoms with Crippen molar-refractivity contribution in [1.82, 2.24) is 0 Å². The lowest BCUT2D eigenvalue weighted by Gasteiger charge is -2.10. The molecule has 2 rings (SSSR count). The molecule has 1 amide bonds. The summed E-state index contributed by atoms with van der Waals surface area (Å²) < 4.78 is 5.27. The van der Waals surface area contributed by atoms with Gasteiger partial charge in [0.2, 0.25) is 5.91 Å². The molecule has 0 aliphatic heterocycles. The van der Waals surface area contributed by atoms with Crippen molar-refractivity contribution in [2.75, 3.05) is 18.5 Å². The van der Waals surface area contributed by atoms with Gasteiger partial charge in [0.05, 0.1) is 6.61 Å². The van der Waals surface area contributed by atoms with Crippen molar-refractivity contribution < 1.29 is 14.6 Å². The summed E-state index contributed by atoms with van der Waals surface area (Å²) in [4.78, 5) is 11.9. The van der Waals surface area contributed by atoms with Crippen molar-refractivity contribution in [3.8, 4) is 5.75 Å². The first-order valence-corrected chi connectivity index (χ1v) is 7.41. The fourth-order valence-electron chi connectivity index (χ4n) is 2.66. The van der Waals surface area contributed by atoms with Crippen LogP contribution >= 0.6 is 0 Å².